The molecule has 1 atom stereocenters. The highest BCUT2D eigenvalue weighted by molar-refractivity contribution is 9.10. The van der Waals surface area contributed by atoms with Gasteiger partial charge in [0.1, 0.15) is 5.82 Å². The lowest BCUT2D eigenvalue weighted by Crippen LogP contribution is -2.40. The second-order valence-electron chi connectivity index (χ2n) is 4.93. The molecule has 1 aromatic rings. The van der Waals surface area contributed by atoms with Crippen molar-refractivity contribution in [3.05, 3.63) is 34.1 Å². The minimum absolute atomic E-state index is 0.0861. The first-order chi connectivity index (χ1) is 9.08. The summed E-state index contributed by atoms with van der Waals surface area (Å²) in [5.74, 6) is -0.848. The van der Waals surface area contributed by atoms with E-state index in [0.29, 0.717) is 17.1 Å². The molecular formula is C14H18BrFN2O. The predicted molar refractivity (Wildman–Crippen MR) is 76.7 cm³/mol. The average Bonchev–Trinajstić information content (AvgIpc) is 2.92. The maximum absolute atomic E-state index is 13.6. The zero-order valence-corrected chi connectivity index (χ0v) is 12.5. The number of carbonyl (C=O) groups is 1. The molecule has 1 aliphatic rings. The minimum Gasteiger partial charge on any atom is -0.350 e. The first kappa shape index (κ1) is 14.5. The van der Waals surface area contributed by atoms with E-state index < -0.39 is 5.82 Å². The van der Waals surface area contributed by atoms with Gasteiger partial charge in [-0.3, -0.25) is 9.69 Å². The fourth-order valence-corrected chi connectivity index (χ4v) is 2.68. The monoisotopic (exact) mass is 328 g/mol. The van der Waals surface area contributed by atoms with E-state index in [9.17, 15) is 9.18 Å². The van der Waals surface area contributed by atoms with E-state index in [-0.39, 0.29) is 11.5 Å². The molecule has 0 spiro atoms. The molecule has 0 radical (unpaired) electrons. The Bertz CT molecular complexity index is 461. The highest BCUT2D eigenvalue weighted by Crippen LogP contribution is 2.16. The first-order valence-electron chi connectivity index (χ1n) is 6.55. The largest absolute Gasteiger partial charge is 0.350 e. The number of amides is 1. The standard InChI is InChI=1S/C14H18BrFN2O/c1-10(18-6-2-3-7-18)9-17-14(19)12-8-11(15)4-5-13(12)16/h4-5,8,10H,2-3,6-7,9H2,1H3,(H,17,19). The zero-order valence-electron chi connectivity index (χ0n) is 11.0. The molecule has 1 fully saturated rings. The van der Waals surface area contributed by atoms with Crippen molar-refractivity contribution >= 4 is 21.8 Å². The molecule has 1 unspecified atom stereocenters. The van der Waals surface area contributed by atoms with Gasteiger partial charge in [0.25, 0.3) is 5.91 Å². The lowest BCUT2D eigenvalue weighted by atomic mass is 10.2. The van der Waals surface area contributed by atoms with Gasteiger partial charge >= 0.3 is 0 Å². The third-order valence-electron chi connectivity index (χ3n) is 3.50. The number of halogens is 2. The van der Waals surface area contributed by atoms with Crippen LogP contribution in [-0.2, 0) is 0 Å². The summed E-state index contributed by atoms with van der Waals surface area (Å²) in [7, 11) is 0. The Morgan fingerprint density at radius 3 is 2.84 bits per heavy atom. The van der Waals surface area contributed by atoms with E-state index in [0.717, 1.165) is 13.1 Å². The molecule has 104 valence electrons. The van der Waals surface area contributed by atoms with Crippen LogP contribution >= 0.6 is 15.9 Å². The molecule has 1 amide bonds. The average molecular weight is 329 g/mol. The van der Waals surface area contributed by atoms with Crippen LogP contribution in [0.15, 0.2) is 22.7 Å². The number of rotatable bonds is 4. The molecule has 0 bridgehead atoms. The summed E-state index contributed by atoms with van der Waals surface area (Å²) in [5, 5.41) is 2.80. The van der Waals surface area contributed by atoms with Crippen LogP contribution in [0.1, 0.15) is 30.1 Å². The van der Waals surface area contributed by atoms with E-state index in [4.69, 9.17) is 0 Å². The van der Waals surface area contributed by atoms with E-state index in [1.165, 1.54) is 25.0 Å². The van der Waals surface area contributed by atoms with Crippen molar-refractivity contribution in [3.63, 3.8) is 0 Å². The van der Waals surface area contributed by atoms with Crippen molar-refractivity contribution < 1.29 is 9.18 Å². The molecule has 19 heavy (non-hydrogen) atoms. The maximum atomic E-state index is 13.6. The number of hydrogen-bond donors (Lipinski definition) is 1. The lowest BCUT2D eigenvalue weighted by molar-refractivity contribution is 0.0936. The van der Waals surface area contributed by atoms with Crippen LogP contribution in [0.4, 0.5) is 4.39 Å². The number of likely N-dealkylation sites (tertiary alicyclic amines) is 1. The zero-order chi connectivity index (χ0) is 13.8. The molecular weight excluding hydrogens is 311 g/mol. The smallest absolute Gasteiger partial charge is 0.254 e. The van der Waals surface area contributed by atoms with Crippen LogP contribution < -0.4 is 5.32 Å². The molecule has 1 aliphatic heterocycles. The Morgan fingerprint density at radius 1 is 1.47 bits per heavy atom. The molecule has 3 nitrogen and oxygen atoms in total. The van der Waals surface area contributed by atoms with Crippen LogP contribution in [0.5, 0.6) is 0 Å². The maximum Gasteiger partial charge on any atom is 0.254 e. The fourth-order valence-electron chi connectivity index (χ4n) is 2.32. The Labute approximate surface area is 121 Å². The summed E-state index contributed by atoms with van der Waals surface area (Å²) in [6, 6.07) is 4.68. The summed E-state index contributed by atoms with van der Waals surface area (Å²) in [6.45, 7) is 4.80. The number of benzene rings is 1. The van der Waals surface area contributed by atoms with Gasteiger partial charge in [-0.1, -0.05) is 15.9 Å². The van der Waals surface area contributed by atoms with Crippen molar-refractivity contribution in [1.29, 1.82) is 0 Å². The molecule has 2 rings (SSSR count). The fraction of sp³-hybridized carbons (Fsp3) is 0.500. The second-order valence-corrected chi connectivity index (χ2v) is 5.84. The molecule has 1 N–H and O–H groups in total. The molecule has 0 aliphatic carbocycles. The van der Waals surface area contributed by atoms with Crippen molar-refractivity contribution in [2.45, 2.75) is 25.8 Å². The number of nitrogens with one attached hydrogen (secondary N) is 1. The van der Waals surface area contributed by atoms with Gasteiger partial charge in [-0.05, 0) is 51.1 Å². The first-order valence-corrected chi connectivity index (χ1v) is 7.34. The van der Waals surface area contributed by atoms with E-state index in [2.05, 4.69) is 33.1 Å². The van der Waals surface area contributed by atoms with Gasteiger partial charge in [0, 0.05) is 17.1 Å². The predicted octanol–water partition coefficient (Wildman–Crippen LogP) is 2.80. The van der Waals surface area contributed by atoms with Crippen LogP contribution in [0.2, 0.25) is 0 Å². The summed E-state index contributed by atoms with van der Waals surface area (Å²) in [5.41, 5.74) is 0.0861. The van der Waals surface area contributed by atoms with E-state index >= 15 is 0 Å². The van der Waals surface area contributed by atoms with Gasteiger partial charge in [0.05, 0.1) is 5.56 Å². The summed E-state index contributed by atoms with van der Waals surface area (Å²) in [4.78, 5) is 14.3. The highest BCUT2D eigenvalue weighted by Gasteiger charge is 2.19. The van der Waals surface area contributed by atoms with E-state index in [1.807, 2.05) is 0 Å². The number of carbonyl (C=O) groups excluding carboxylic acids is 1. The Balaban J connectivity index is 1.91. The van der Waals surface area contributed by atoms with Crippen LogP contribution in [-0.4, -0.2) is 36.5 Å². The Morgan fingerprint density at radius 2 is 2.16 bits per heavy atom. The van der Waals surface area contributed by atoms with Crippen molar-refractivity contribution in [1.82, 2.24) is 10.2 Å². The highest BCUT2D eigenvalue weighted by atomic mass is 79.9. The molecule has 0 aromatic heterocycles. The van der Waals surface area contributed by atoms with Crippen LogP contribution in [0, 0.1) is 5.82 Å². The van der Waals surface area contributed by atoms with Gasteiger partial charge in [-0.15, -0.1) is 0 Å². The minimum atomic E-state index is -0.491. The summed E-state index contributed by atoms with van der Waals surface area (Å²) < 4.78 is 14.3. The lowest BCUT2D eigenvalue weighted by Gasteiger charge is -2.23. The van der Waals surface area contributed by atoms with Crippen molar-refractivity contribution in [3.8, 4) is 0 Å². The number of nitrogens with zero attached hydrogens (tertiary/aromatic N) is 1. The third-order valence-corrected chi connectivity index (χ3v) is 3.99. The van der Waals surface area contributed by atoms with Gasteiger partial charge < -0.3 is 5.32 Å². The molecule has 5 heteroatoms. The second kappa shape index (κ2) is 6.48. The Kier molecular flexibility index (Phi) is 4.93. The van der Waals surface area contributed by atoms with Gasteiger partial charge in [0.2, 0.25) is 0 Å². The topological polar surface area (TPSA) is 32.3 Å². The van der Waals surface area contributed by atoms with Gasteiger partial charge in [-0.25, -0.2) is 4.39 Å². The molecule has 1 aromatic carbocycles. The molecule has 0 saturated carbocycles. The number of hydrogen-bond acceptors (Lipinski definition) is 2. The molecule has 1 saturated heterocycles. The van der Waals surface area contributed by atoms with Gasteiger partial charge in [0.15, 0.2) is 0 Å². The van der Waals surface area contributed by atoms with Crippen molar-refractivity contribution in [2.75, 3.05) is 19.6 Å². The quantitative estimate of drug-likeness (QED) is 0.921. The van der Waals surface area contributed by atoms with Gasteiger partial charge in [-0.2, -0.15) is 0 Å². The van der Waals surface area contributed by atoms with E-state index in [1.54, 1.807) is 6.07 Å². The summed E-state index contributed by atoms with van der Waals surface area (Å²) >= 11 is 3.24. The Hall–Kier alpha value is -0.940. The molecule has 1 heterocycles. The third kappa shape index (κ3) is 3.76. The van der Waals surface area contributed by atoms with Crippen LogP contribution in [0.3, 0.4) is 0 Å². The normalized spacial score (nSPS) is 17.4. The van der Waals surface area contributed by atoms with Crippen molar-refractivity contribution in [2.24, 2.45) is 0 Å². The summed E-state index contributed by atoms with van der Waals surface area (Å²) in [6.07, 6.45) is 2.44. The SMILES string of the molecule is CC(CNC(=O)c1cc(Br)ccc1F)N1CCCC1. The van der Waals surface area contributed by atoms with Crippen LogP contribution in [0.25, 0.3) is 0 Å².